The summed E-state index contributed by atoms with van der Waals surface area (Å²) in [6.07, 6.45) is 2.15. The van der Waals surface area contributed by atoms with Crippen molar-refractivity contribution in [2.75, 3.05) is 31.9 Å². The van der Waals surface area contributed by atoms with E-state index in [2.05, 4.69) is 54.2 Å². The van der Waals surface area contributed by atoms with Crippen LogP contribution in [0.4, 0.5) is 0 Å². The maximum Gasteiger partial charge on any atom is 0.326 e. The molecule has 0 fully saturated rings. The third-order valence-electron chi connectivity index (χ3n) is 8.75. The number of carbonyl (C=O) groups is 6. The first kappa shape index (κ1) is 52.1. The van der Waals surface area contributed by atoms with Crippen LogP contribution in [0.15, 0.2) is 45.3 Å². The molecule has 0 spiro atoms. The lowest BCUT2D eigenvalue weighted by atomic mass is 10.0. The number of nitrogens with two attached hydrogens (primary N) is 8. The minimum atomic E-state index is -1.33. The standard InChI is InChI=1S/C36H64N16O7S/c37-15-5-4-11-22(38)28(53)48-23(12-6-16-45-34(39)40)29(54)49-24(13-7-17-46-35(41)42)30(55)50-25(14-8-18-47-36(43)44)31(56)52-27(20-60)32(57)51-26(33(58)59)19-21-9-2-1-3-10-21/h1-3,9-10,22-27,60H,4-8,11-20,37-38H2,(H,48,53)(H,49,54)(H,50,55)(H,51,57)(H,52,56)(H,58,59)(H4,39,40,45)(H4,41,42,46)(H4,43,44,47)/t22-,23-,24-,25-,26-,27-/m0/s1. The molecule has 336 valence electrons. The lowest BCUT2D eigenvalue weighted by molar-refractivity contribution is -0.142. The number of benzene rings is 1. The van der Waals surface area contributed by atoms with Crippen LogP contribution in [0, 0.1) is 0 Å². The van der Waals surface area contributed by atoms with Gasteiger partial charge < -0.3 is 77.6 Å². The van der Waals surface area contributed by atoms with Gasteiger partial charge in [0.15, 0.2) is 17.9 Å². The predicted molar refractivity (Wildman–Crippen MR) is 232 cm³/mol. The van der Waals surface area contributed by atoms with Crippen LogP contribution in [0.25, 0.3) is 0 Å². The second-order valence-electron chi connectivity index (χ2n) is 13.8. The summed E-state index contributed by atoms with van der Waals surface area (Å²) >= 11 is 4.20. The average molecular weight is 865 g/mol. The highest BCUT2D eigenvalue weighted by Gasteiger charge is 2.32. The Morgan fingerprint density at radius 2 is 0.933 bits per heavy atom. The minimum Gasteiger partial charge on any atom is -0.480 e. The number of rotatable bonds is 30. The van der Waals surface area contributed by atoms with Gasteiger partial charge in [0.25, 0.3) is 0 Å². The molecule has 0 unspecified atom stereocenters. The lowest BCUT2D eigenvalue weighted by Gasteiger charge is -2.27. The highest BCUT2D eigenvalue weighted by Crippen LogP contribution is 2.09. The number of amides is 5. The zero-order chi connectivity index (χ0) is 45.0. The zero-order valence-corrected chi connectivity index (χ0v) is 34.7. The third kappa shape index (κ3) is 22.3. The first-order chi connectivity index (χ1) is 28.5. The van der Waals surface area contributed by atoms with Crippen molar-refractivity contribution in [1.82, 2.24) is 26.6 Å². The van der Waals surface area contributed by atoms with Gasteiger partial charge in [0, 0.05) is 31.8 Å². The van der Waals surface area contributed by atoms with Crippen molar-refractivity contribution in [3.05, 3.63) is 35.9 Å². The van der Waals surface area contributed by atoms with E-state index in [9.17, 15) is 33.9 Å². The fraction of sp³-hybridized carbons (Fsp3) is 0.583. The maximum absolute atomic E-state index is 14.0. The van der Waals surface area contributed by atoms with Gasteiger partial charge in [0.1, 0.15) is 30.2 Å². The number of nitrogens with one attached hydrogen (secondary N) is 5. The van der Waals surface area contributed by atoms with E-state index >= 15 is 0 Å². The number of carboxylic acid groups (broad SMARTS) is 1. The predicted octanol–water partition coefficient (Wildman–Crippen LogP) is -4.72. The third-order valence-corrected chi connectivity index (χ3v) is 9.12. The summed E-state index contributed by atoms with van der Waals surface area (Å²) < 4.78 is 0. The molecule has 0 radical (unpaired) electrons. The van der Waals surface area contributed by atoms with Crippen molar-refractivity contribution in [1.29, 1.82) is 0 Å². The first-order valence-corrected chi connectivity index (χ1v) is 20.1. The van der Waals surface area contributed by atoms with Crippen LogP contribution >= 0.6 is 12.6 Å². The van der Waals surface area contributed by atoms with Gasteiger partial charge in [0.2, 0.25) is 29.5 Å². The molecule has 1 aromatic carbocycles. The molecular weight excluding hydrogens is 801 g/mol. The van der Waals surface area contributed by atoms with E-state index in [4.69, 9.17) is 45.9 Å². The monoisotopic (exact) mass is 864 g/mol. The molecule has 0 saturated carbocycles. The van der Waals surface area contributed by atoms with Gasteiger partial charge in [0.05, 0.1) is 6.04 Å². The molecule has 0 saturated heterocycles. The molecule has 22 N–H and O–H groups in total. The van der Waals surface area contributed by atoms with Gasteiger partial charge >= 0.3 is 5.97 Å². The summed E-state index contributed by atoms with van der Waals surface area (Å²) in [5.74, 6) is -5.89. The van der Waals surface area contributed by atoms with Crippen LogP contribution in [-0.4, -0.2) is 127 Å². The van der Waals surface area contributed by atoms with E-state index in [0.717, 1.165) is 0 Å². The Kier molecular flexibility index (Phi) is 25.5. The first-order valence-electron chi connectivity index (χ1n) is 19.5. The fourth-order valence-electron chi connectivity index (χ4n) is 5.57. The molecule has 0 aliphatic rings. The van der Waals surface area contributed by atoms with E-state index in [1.165, 1.54) is 0 Å². The van der Waals surface area contributed by atoms with E-state index in [1.807, 2.05) is 0 Å². The van der Waals surface area contributed by atoms with Crippen molar-refractivity contribution < 1.29 is 33.9 Å². The maximum atomic E-state index is 14.0. The van der Waals surface area contributed by atoms with Crippen LogP contribution in [0.1, 0.15) is 63.4 Å². The molecule has 0 bridgehead atoms. The smallest absolute Gasteiger partial charge is 0.326 e. The van der Waals surface area contributed by atoms with Crippen LogP contribution in [0.5, 0.6) is 0 Å². The van der Waals surface area contributed by atoms with E-state index < -0.39 is 71.8 Å². The summed E-state index contributed by atoms with van der Waals surface area (Å²) in [6.45, 7) is 0.718. The highest BCUT2D eigenvalue weighted by molar-refractivity contribution is 7.80. The number of aliphatic carboxylic acids is 1. The normalized spacial score (nSPS) is 13.7. The lowest BCUT2D eigenvalue weighted by Crippen LogP contribution is -2.59. The number of carbonyl (C=O) groups excluding carboxylic acids is 5. The van der Waals surface area contributed by atoms with Crippen LogP contribution in [0.3, 0.4) is 0 Å². The van der Waals surface area contributed by atoms with Gasteiger partial charge in [-0.2, -0.15) is 12.6 Å². The van der Waals surface area contributed by atoms with E-state index in [0.29, 0.717) is 31.4 Å². The number of nitrogens with zero attached hydrogens (tertiary/aromatic N) is 3. The fourth-order valence-corrected chi connectivity index (χ4v) is 5.83. The molecule has 1 rings (SSSR count). The van der Waals surface area contributed by atoms with Crippen molar-refractivity contribution in [2.24, 2.45) is 60.8 Å². The number of aliphatic imine (C=N–C) groups is 3. The van der Waals surface area contributed by atoms with Crippen LogP contribution < -0.4 is 72.5 Å². The van der Waals surface area contributed by atoms with Crippen LogP contribution in [-0.2, 0) is 35.2 Å². The van der Waals surface area contributed by atoms with Crippen molar-refractivity contribution in [2.45, 2.75) is 100 Å². The highest BCUT2D eigenvalue weighted by atomic mass is 32.1. The second-order valence-corrected chi connectivity index (χ2v) is 14.1. The van der Waals surface area contributed by atoms with Gasteiger partial charge in [-0.15, -0.1) is 0 Å². The number of hydrogen-bond acceptors (Lipinski definition) is 12. The Morgan fingerprint density at radius 3 is 1.32 bits per heavy atom. The molecule has 0 aliphatic heterocycles. The van der Waals surface area contributed by atoms with E-state index in [-0.39, 0.29) is 88.2 Å². The second kappa shape index (κ2) is 29.3. The summed E-state index contributed by atoms with van der Waals surface area (Å²) in [5.41, 5.74) is 45.0. The molecule has 0 heterocycles. The number of unbranched alkanes of at least 4 members (excludes halogenated alkanes) is 1. The molecule has 0 aliphatic carbocycles. The Bertz CT molecular complexity index is 1610. The molecule has 0 aromatic heterocycles. The van der Waals surface area contributed by atoms with Crippen molar-refractivity contribution in [3.63, 3.8) is 0 Å². The summed E-state index contributed by atoms with van der Waals surface area (Å²) in [4.78, 5) is 91.7. The quantitative estimate of drug-likeness (QED) is 0.0150. The number of guanidine groups is 3. The zero-order valence-electron chi connectivity index (χ0n) is 33.8. The molecule has 23 nitrogen and oxygen atoms in total. The Labute approximate surface area is 354 Å². The number of carboxylic acids is 1. The number of thiol groups is 1. The largest absolute Gasteiger partial charge is 0.480 e. The Balaban J connectivity index is 3.37. The molecule has 1 aromatic rings. The molecule has 60 heavy (non-hydrogen) atoms. The Hall–Kier alpha value is -5.88. The summed E-state index contributed by atoms with van der Waals surface area (Å²) in [5, 5.41) is 22.7. The van der Waals surface area contributed by atoms with Gasteiger partial charge in [-0.1, -0.05) is 36.8 Å². The molecule has 24 heteroatoms. The van der Waals surface area contributed by atoms with Crippen molar-refractivity contribution in [3.8, 4) is 0 Å². The topological polar surface area (TPSA) is 428 Å². The van der Waals surface area contributed by atoms with Gasteiger partial charge in [-0.05, 0) is 63.5 Å². The molecular formula is C36H64N16O7S. The Morgan fingerprint density at radius 1 is 0.550 bits per heavy atom. The molecule has 6 atom stereocenters. The molecule has 5 amide bonds. The SMILES string of the molecule is NCCCC[C@H](N)C(=O)N[C@@H](CCCN=C(N)N)C(=O)N[C@@H](CCCN=C(N)N)C(=O)N[C@@H](CCCN=C(N)N)C(=O)N[C@@H](CS)C(=O)N[C@@H](Cc1ccccc1)C(=O)O. The minimum absolute atomic E-state index is 0.0242. The summed E-state index contributed by atoms with van der Waals surface area (Å²) in [6, 6.07) is 1.25. The van der Waals surface area contributed by atoms with Crippen LogP contribution in [0.2, 0.25) is 0 Å². The summed E-state index contributed by atoms with van der Waals surface area (Å²) in [7, 11) is 0. The average Bonchev–Trinajstić information content (AvgIpc) is 3.19. The number of hydrogen-bond donors (Lipinski definition) is 15. The van der Waals surface area contributed by atoms with Crippen molar-refractivity contribution >= 4 is 66.0 Å². The van der Waals surface area contributed by atoms with E-state index in [1.54, 1.807) is 30.3 Å². The van der Waals surface area contributed by atoms with Gasteiger partial charge in [-0.25, -0.2) is 4.79 Å². The van der Waals surface area contributed by atoms with Gasteiger partial charge in [-0.3, -0.25) is 38.9 Å².